The lowest BCUT2D eigenvalue weighted by Crippen LogP contribution is -2.16. The summed E-state index contributed by atoms with van der Waals surface area (Å²) in [7, 11) is 0. The van der Waals surface area contributed by atoms with Crippen LogP contribution in [0.1, 0.15) is 38.9 Å². The predicted molar refractivity (Wildman–Crippen MR) is 92.7 cm³/mol. The molecule has 0 fully saturated rings. The molecule has 10 heteroatoms. The first-order chi connectivity index (χ1) is 13.3. The van der Waals surface area contributed by atoms with Crippen molar-refractivity contribution < 1.29 is 35.9 Å². The van der Waals surface area contributed by atoms with E-state index in [4.69, 9.17) is 0 Å². The van der Waals surface area contributed by atoms with Gasteiger partial charge in [0, 0.05) is 22.2 Å². The van der Waals surface area contributed by atoms with Crippen LogP contribution in [-0.2, 0) is 12.4 Å². The van der Waals surface area contributed by atoms with Crippen LogP contribution in [0.3, 0.4) is 0 Å². The molecule has 0 saturated carbocycles. The van der Waals surface area contributed by atoms with Crippen molar-refractivity contribution >= 4 is 28.3 Å². The lowest BCUT2D eigenvalue weighted by molar-refractivity contribution is -0.143. The van der Waals surface area contributed by atoms with Crippen molar-refractivity contribution in [1.82, 2.24) is 4.98 Å². The average molecular weight is 414 g/mol. The van der Waals surface area contributed by atoms with Gasteiger partial charge >= 0.3 is 12.4 Å². The van der Waals surface area contributed by atoms with E-state index in [1.165, 1.54) is 31.2 Å². The predicted octanol–water partition coefficient (Wildman–Crippen LogP) is 5.66. The third-order valence-corrected chi connectivity index (χ3v) is 4.12. The Labute approximate surface area is 159 Å². The molecule has 0 spiro atoms. The number of anilines is 1. The highest BCUT2D eigenvalue weighted by molar-refractivity contribution is 6.07. The Morgan fingerprint density at radius 1 is 0.862 bits per heavy atom. The Balaban J connectivity index is 1.96. The Bertz CT molecular complexity index is 1080. The van der Waals surface area contributed by atoms with E-state index < -0.39 is 35.1 Å². The van der Waals surface area contributed by atoms with E-state index in [0.717, 1.165) is 0 Å². The van der Waals surface area contributed by atoms with Gasteiger partial charge in [0.15, 0.2) is 5.78 Å². The molecule has 2 aromatic carbocycles. The van der Waals surface area contributed by atoms with E-state index in [-0.39, 0.29) is 17.5 Å². The maximum absolute atomic E-state index is 12.9. The lowest BCUT2D eigenvalue weighted by atomic mass is 10.1. The number of carbonyl (C=O) groups is 2. The number of alkyl halides is 6. The fraction of sp³-hybridized carbons (Fsp3) is 0.158. The second kappa shape index (κ2) is 6.94. The minimum atomic E-state index is -5.02. The van der Waals surface area contributed by atoms with E-state index in [9.17, 15) is 35.9 Å². The number of Topliss-reactive ketones (excluding diaryl/α,β-unsaturated/α-hetero) is 1. The van der Waals surface area contributed by atoms with Gasteiger partial charge in [-0.25, -0.2) is 0 Å². The maximum atomic E-state index is 12.9. The Hall–Kier alpha value is -3.30. The molecule has 1 amide bonds. The summed E-state index contributed by atoms with van der Waals surface area (Å²) < 4.78 is 77.6. The van der Waals surface area contributed by atoms with Gasteiger partial charge in [-0.3, -0.25) is 9.59 Å². The summed E-state index contributed by atoms with van der Waals surface area (Å²) in [5.74, 6) is -1.14. The molecule has 3 aromatic rings. The number of H-pyrrole nitrogens is 1. The number of benzene rings is 2. The van der Waals surface area contributed by atoms with Gasteiger partial charge in [-0.15, -0.1) is 0 Å². The molecule has 2 N–H and O–H groups in total. The fourth-order valence-corrected chi connectivity index (χ4v) is 2.70. The zero-order chi connectivity index (χ0) is 21.6. The summed E-state index contributed by atoms with van der Waals surface area (Å²) in [6.07, 6.45) is -10.0. The third-order valence-electron chi connectivity index (χ3n) is 4.12. The molecule has 0 aliphatic heterocycles. The van der Waals surface area contributed by atoms with Gasteiger partial charge in [-0.05, 0) is 49.4 Å². The number of aromatic amines is 1. The fourth-order valence-electron chi connectivity index (χ4n) is 2.70. The molecule has 0 atom stereocenters. The third kappa shape index (κ3) is 4.41. The molecular formula is C19H12F6N2O2. The normalized spacial score (nSPS) is 12.2. The molecule has 1 aromatic heterocycles. The number of rotatable bonds is 3. The van der Waals surface area contributed by atoms with Gasteiger partial charge in [-0.2, -0.15) is 26.3 Å². The standard InChI is InChI=1S/C19H12F6N2O2/c1-9(28)10-2-3-15-11(4-10)5-16(27-15)17(29)26-14-7-12(18(20,21)22)6-13(8-14)19(23,24)25/h2-8,27H,1H3,(H,26,29). The number of fused-ring (bicyclic) bond motifs is 1. The molecule has 0 aliphatic carbocycles. The lowest BCUT2D eigenvalue weighted by Gasteiger charge is -2.14. The van der Waals surface area contributed by atoms with E-state index in [2.05, 4.69) is 4.98 Å². The highest BCUT2D eigenvalue weighted by Crippen LogP contribution is 2.37. The van der Waals surface area contributed by atoms with Crippen molar-refractivity contribution in [3.8, 4) is 0 Å². The van der Waals surface area contributed by atoms with Crippen molar-refractivity contribution in [3.05, 3.63) is 64.8 Å². The number of halogens is 6. The van der Waals surface area contributed by atoms with Gasteiger partial charge < -0.3 is 10.3 Å². The summed E-state index contributed by atoms with van der Waals surface area (Å²) in [5.41, 5.74) is -2.96. The van der Waals surface area contributed by atoms with E-state index in [1.807, 2.05) is 5.32 Å². The number of hydrogen-bond donors (Lipinski definition) is 2. The van der Waals surface area contributed by atoms with Crippen LogP contribution in [-0.4, -0.2) is 16.7 Å². The van der Waals surface area contributed by atoms with Crippen LogP contribution in [0, 0.1) is 0 Å². The zero-order valence-corrected chi connectivity index (χ0v) is 14.6. The highest BCUT2D eigenvalue weighted by atomic mass is 19.4. The Morgan fingerprint density at radius 3 is 1.97 bits per heavy atom. The number of hydrogen-bond acceptors (Lipinski definition) is 2. The number of carbonyl (C=O) groups excluding carboxylic acids is 2. The molecule has 152 valence electrons. The van der Waals surface area contributed by atoms with E-state index in [0.29, 0.717) is 28.6 Å². The second-order valence-corrected chi connectivity index (χ2v) is 6.29. The summed E-state index contributed by atoms with van der Waals surface area (Å²) in [6.45, 7) is 1.35. The molecule has 29 heavy (non-hydrogen) atoms. The van der Waals surface area contributed by atoms with Crippen LogP contribution in [0.5, 0.6) is 0 Å². The quantitative estimate of drug-likeness (QED) is 0.429. The molecule has 0 saturated heterocycles. The van der Waals surface area contributed by atoms with Gasteiger partial charge in [0.1, 0.15) is 5.69 Å². The molecule has 0 unspecified atom stereocenters. The Morgan fingerprint density at radius 2 is 1.45 bits per heavy atom. The van der Waals surface area contributed by atoms with Crippen LogP contribution in [0.2, 0.25) is 0 Å². The van der Waals surface area contributed by atoms with E-state index >= 15 is 0 Å². The smallest absolute Gasteiger partial charge is 0.351 e. The van der Waals surface area contributed by atoms with Crippen molar-refractivity contribution in [1.29, 1.82) is 0 Å². The van der Waals surface area contributed by atoms with Crippen molar-refractivity contribution in [2.75, 3.05) is 5.32 Å². The first kappa shape index (κ1) is 20.4. The van der Waals surface area contributed by atoms with Crippen LogP contribution < -0.4 is 5.32 Å². The first-order valence-corrected chi connectivity index (χ1v) is 8.09. The summed E-state index contributed by atoms with van der Waals surface area (Å²) in [6, 6.07) is 6.72. The number of ketones is 1. The number of aromatic nitrogens is 1. The first-order valence-electron chi connectivity index (χ1n) is 8.09. The van der Waals surface area contributed by atoms with Gasteiger partial charge in [0.2, 0.25) is 0 Å². The van der Waals surface area contributed by atoms with Gasteiger partial charge in [0.25, 0.3) is 5.91 Å². The van der Waals surface area contributed by atoms with Crippen molar-refractivity contribution in [3.63, 3.8) is 0 Å². The second-order valence-electron chi connectivity index (χ2n) is 6.29. The van der Waals surface area contributed by atoms with Gasteiger partial charge in [0.05, 0.1) is 11.1 Å². The molecule has 4 nitrogen and oxygen atoms in total. The Kier molecular flexibility index (Phi) is 4.89. The van der Waals surface area contributed by atoms with E-state index in [1.54, 1.807) is 0 Å². The molecule has 0 aliphatic rings. The zero-order valence-electron chi connectivity index (χ0n) is 14.6. The van der Waals surface area contributed by atoms with Crippen molar-refractivity contribution in [2.24, 2.45) is 0 Å². The minimum Gasteiger partial charge on any atom is -0.351 e. The topological polar surface area (TPSA) is 62.0 Å². The van der Waals surface area contributed by atoms with Crippen molar-refractivity contribution in [2.45, 2.75) is 19.3 Å². The van der Waals surface area contributed by atoms with Gasteiger partial charge in [-0.1, -0.05) is 0 Å². The minimum absolute atomic E-state index is 0.0259. The molecule has 0 bridgehead atoms. The monoisotopic (exact) mass is 414 g/mol. The van der Waals surface area contributed by atoms with Crippen LogP contribution in [0.25, 0.3) is 10.9 Å². The molecular weight excluding hydrogens is 402 g/mol. The summed E-state index contributed by atoms with van der Waals surface area (Å²) in [5, 5.41) is 2.53. The largest absolute Gasteiger partial charge is 0.416 e. The highest BCUT2D eigenvalue weighted by Gasteiger charge is 2.37. The number of amides is 1. The summed E-state index contributed by atoms with van der Waals surface area (Å²) >= 11 is 0. The van der Waals surface area contributed by atoms with Crippen LogP contribution in [0.15, 0.2) is 42.5 Å². The maximum Gasteiger partial charge on any atom is 0.416 e. The summed E-state index contributed by atoms with van der Waals surface area (Å²) in [4.78, 5) is 26.5. The molecule has 1 heterocycles. The van der Waals surface area contributed by atoms with Crippen LogP contribution >= 0.6 is 0 Å². The van der Waals surface area contributed by atoms with Crippen LogP contribution in [0.4, 0.5) is 32.0 Å². The number of nitrogens with one attached hydrogen (secondary N) is 2. The SMILES string of the molecule is CC(=O)c1ccc2[nH]c(C(=O)Nc3cc(C(F)(F)F)cc(C(F)(F)F)c3)cc2c1. The molecule has 0 radical (unpaired) electrons. The molecule has 3 rings (SSSR count). The average Bonchev–Trinajstić information content (AvgIpc) is 3.03.